The van der Waals surface area contributed by atoms with Crippen molar-refractivity contribution in [3.63, 3.8) is 0 Å². The molecular weight excluding hydrogens is 220 g/mol. The smallest absolute Gasteiger partial charge is 0.227 e. The largest absolute Gasteiger partial charge is 0.393 e. The lowest BCUT2D eigenvalue weighted by Crippen LogP contribution is -2.30. The third kappa shape index (κ3) is 2.79. The molecule has 1 aliphatic rings. The number of nitrogens with one attached hydrogen (secondary N) is 1. The van der Waals surface area contributed by atoms with Crippen LogP contribution in [-0.2, 0) is 4.79 Å². The number of benzene rings is 1. The number of amides is 1. The van der Waals surface area contributed by atoms with Gasteiger partial charge in [-0.3, -0.25) is 4.79 Å². The van der Waals surface area contributed by atoms with E-state index in [4.69, 9.17) is 5.73 Å². The molecule has 0 spiro atoms. The van der Waals surface area contributed by atoms with Gasteiger partial charge in [0.15, 0.2) is 0 Å². The molecule has 0 aliphatic heterocycles. The lowest BCUT2D eigenvalue weighted by Gasteiger charge is -2.03. The van der Waals surface area contributed by atoms with Gasteiger partial charge in [-0.15, -0.1) is 0 Å². The topological polar surface area (TPSA) is 55.1 Å². The maximum absolute atomic E-state index is 11.4. The summed E-state index contributed by atoms with van der Waals surface area (Å²) in [5.41, 5.74) is 6.59. The summed E-state index contributed by atoms with van der Waals surface area (Å²) in [7, 11) is 0. The fraction of sp³-hybridized carbons (Fsp3) is 0.333. The molecule has 1 aromatic rings. The molecule has 2 atom stereocenters. The Hall–Kier alpha value is -1.42. The van der Waals surface area contributed by atoms with Crippen LogP contribution in [0.5, 0.6) is 0 Å². The first kappa shape index (κ1) is 11.1. The zero-order valence-corrected chi connectivity index (χ0v) is 9.67. The van der Waals surface area contributed by atoms with Gasteiger partial charge in [-0.2, -0.15) is 0 Å². The minimum absolute atomic E-state index is 0.0732. The third-order valence-corrected chi connectivity index (χ3v) is 2.84. The molecule has 0 radical (unpaired) electrons. The summed E-state index contributed by atoms with van der Waals surface area (Å²) < 4.78 is 0. The minimum atomic E-state index is -0.0732. The predicted octanol–water partition coefficient (Wildman–Crippen LogP) is 1.33. The van der Waals surface area contributed by atoms with E-state index >= 15 is 0 Å². The molecule has 16 heavy (non-hydrogen) atoms. The fourth-order valence-electron chi connectivity index (χ4n) is 1.84. The molecule has 0 bridgehead atoms. The standard InChI is InChI=1S/C12H14N2OS/c13-11(16)7-12(15)14-10-6-9(10)8-4-2-1-3-5-8/h1-5,9-10H,6-7H2,(H2,13,16)(H,14,15). The van der Waals surface area contributed by atoms with Crippen LogP contribution in [0, 0.1) is 0 Å². The van der Waals surface area contributed by atoms with E-state index < -0.39 is 0 Å². The van der Waals surface area contributed by atoms with Crippen molar-refractivity contribution < 1.29 is 4.79 Å². The summed E-state index contributed by atoms with van der Waals surface area (Å²) >= 11 is 4.68. The highest BCUT2D eigenvalue weighted by atomic mass is 32.1. The van der Waals surface area contributed by atoms with Gasteiger partial charge < -0.3 is 11.1 Å². The molecule has 1 fully saturated rings. The van der Waals surface area contributed by atoms with Gasteiger partial charge in [0.1, 0.15) is 0 Å². The monoisotopic (exact) mass is 234 g/mol. The lowest BCUT2D eigenvalue weighted by molar-refractivity contribution is -0.120. The van der Waals surface area contributed by atoms with Crippen molar-refractivity contribution in [2.24, 2.45) is 5.73 Å². The molecule has 2 unspecified atom stereocenters. The van der Waals surface area contributed by atoms with E-state index in [0.29, 0.717) is 5.92 Å². The second-order valence-corrected chi connectivity index (χ2v) is 4.59. The van der Waals surface area contributed by atoms with Crippen molar-refractivity contribution in [1.82, 2.24) is 5.32 Å². The van der Waals surface area contributed by atoms with Crippen molar-refractivity contribution in [3.05, 3.63) is 35.9 Å². The van der Waals surface area contributed by atoms with Crippen LogP contribution < -0.4 is 11.1 Å². The van der Waals surface area contributed by atoms with Crippen molar-refractivity contribution >= 4 is 23.1 Å². The number of hydrogen-bond acceptors (Lipinski definition) is 2. The molecule has 3 N–H and O–H groups in total. The zero-order chi connectivity index (χ0) is 11.5. The van der Waals surface area contributed by atoms with Gasteiger partial charge >= 0.3 is 0 Å². The first-order valence-electron chi connectivity index (χ1n) is 5.29. The number of thiocarbonyl (C=S) groups is 1. The van der Waals surface area contributed by atoms with Gasteiger partial charge in [-0.25, -0.2) is 0 Å². The van der Waals surface area contributed by atoms with Gasteiger partial charge in [-0.1, -0.05) is 42.5 Å². The lowest BCUT2D eigenvalue weighted by atomic mass is 10.1. The van der Waals surface area contributed by atoms with Gasteiger partial charge in [-0.05, 0) is 12.0 Å². The summed E-state index contributed by atoms with van der Waals surface area (Å²) in [5, 5.41) is 2.93. The van der Waals surface area contributed by atoms with E-state index in [1.54, 1.807) is 0 Å². The Balaban J connectivity index is 1.84. The minimum Gasteiger partial charge on any atom is -0.393 e. The van der Waals surface area contributed by atoms with Gasteiger partial charge in [0.05, 0.1) is 11.4 Å². The summed E-state index contributed by atoms with van der Waals surface area (Å²) in [6.45, 7) is 0. The Kier molecular flexibility index (Phi) is 3.19. The van der Waals surface area contributed by atoms with E-state index in [2.05, 4.69) is 29.7 Å². The highest BCUT2D eigenvalue weighted by Gasteiger charge is 2.39. The molecule has 4 heteroatoms. The Labute approximate surface area is 100 Å². The first-order valence-corrected chi connectivity index (χ1v) is 5.70. The van der Waals surface area contributed by atoms with Crippen LogP contribution in [0.1, 0.15) is 24.3 Å². The normalized spacial score (nSPS) is 22.5. The summed E-state index contributed by atoms with van der Waals surface area (Å²) in [6, 6.07) is 10.5. The number of carbonyl (C=O) groups is 1. The molecule has 1 saturated carbocycles. The van der Waals surface area contributed by atoms with Crippen molar-refractivity contribution in [3.8, 4) is 0 Å². The van der Waals surface area contributed by atoms with Crippen LogP contribution in [-0.4, -0.2) is 16.9 Å². The van der Waals surface area contributed by atoms with Gasteiger partial charge in [0.25, 0.3) is 0 Å². The van der Waals surface area contributed by atoms with Crippen LogP contribution in [0.2, 0.25) is 0 Å². The third-order valence-electron chi connectivity index (χ3n) is 2.70. The Bertz CT molecular complexity index is 405. The Morgan fingerprint density at radius 3 is 2.75 bits per heavy atom. The molecule has 1 aromatic carbocycles. The average Bonchev–Trinajstić information content (AvgIpc) is 2.97. The number of rotatable bonds is 4. The van der Waals surface area contributed by atoms with Crippen LogP contribution in [0.25, 0.3) is 0 Å². The molecule has 1 aliphatic carbocycles. The molecule has 1 amide bonds. The van der Waals surface area contributed by atoms with E-state index in [9.17, 15) is 4.79 Å². The maximum Gasteiger partial charge on any atom is 0.227 e. The maximum atomic E-state index is 11.4. The van der Waals surface area contributed by atoms with Crippen LogP contribution in [0.4, 0.5) is 0 Å². The first-order chi connectivity index (χ1) is 7.66. The van der Waals surface area contributed by atoms with E-state index in [0.717, 1.165) is 6.42 Å². The quantitative estimate of drug-likeness (QED) is 0.773. The summed E-state index contributed by atoms with van der Waals surface area (Å²) in [6.07, 6.45) is 1.15. The van der Waals surface area contributed by atoms with E-state index in [-0.39, 0.29) is 23.4 Å². The summed E-state index contributed by atoms with van der Waals surface area (Å²) in [5.74, 6) is 0.382. The SMILES string of the molecule is NC(=S)CC(=O)NC1CC1c1ccccc1. The number of nitrogens with two attached hydrogens (primary N) is 1. The highest BCUT2D eigenvalue weighted by molar-refractivity contribution is 7.80. The van der Waals surface area contributed by atoms with Crippen LogP contribution in [0.15, 0.2) is 30.3 Å². The number of hydrogen-bond donors (Lipinski definition) is 2. The van der Waals surface area contributed by atoms with Crippen molar-refractivity contribution in [2.45, 2.75) is 24.8 Å². The second kappa shape index (κ2) is 4.61. The van der Waals surface area contributed by atoms with Gasteiger partial charge in [0, 0.05) is 12.0 Å². The van der Waals surface area contributed by atoms with Crippen molar-refractivity contribution in [1.29, 1.82) is 0 Å². The van der Waals surface area contributed by atoms with E-state index in [1.807, 2.05) is 18.2 Å². The highest BCUT2D eigenvalue weighted by Crippen LogP contribution is 2.40. The number of carbonyl (C=O) groups excluding carboxylic acids is 1. The molecule has 84 valence electrons. The molecular formula is C12H14N2OS. The fourth-order valence-corrected chi connectivity index (χ4v) is 1.97. The molecule has 0 aromatic heterocycles. The molecule has 0 saturated heterocycles. The Morgan fingerprint density at radius 2 is 2.12 bits per heavy atom. The zero-order valence-electron chi connectivity index (χ0n) is 8.85. The second-order valence-electron chi connectivity index (χ2n) is 4.07. The average molecular weight is 234 g/mol. The Morgan fingerprint density at radius 1 is 1.44 bits per heavy atom. The van der Waals surface area contributed by atoms with Gasteiger partial charge in [0.2, 0.25) is 5.91 Å². The van der Waals surface area contributed by atoms with Crippen LogP contribution >= 0.6 is 12.2 Å². The molecule has 3 nitrogen and oxygen atoms in total. The predicted molar refractivity (Wildman–Crippen MR) is 67.1 cm³/mol. The molecule has 2 rings (SSSR count). The molecule has 0 heterocycles. The van der Waals surface area contributed by atoms with Crippen LogP contribution in [0.3, 0.4) is 0 Å². The van der Waals surface area contributed by atoms with E-state index in [1.165, 1.54) is 5.56 Å². The van der Waals surface area contributed by atoms with Crippen molar-refractivity contribution in [2.75, 3.05) is 0 Å². The summed E-state index contributed by atoms with van der Waals surface area (Å²) in [4.78, 5) is 11.6.